The summed E-state index contributed by atoms with van der Waals surface area (Å²) >= 11 is 6.09. The number of halogens is 1. The second-order valence-corrected chi connectivity index (χ2v) is 5.29. The quantitative estimate of drug-likeness (QED) is 0.632. The predicted octanol–water partition coefficient (Wildman–Crippen LogP) is 1.34. The van der Waals surface area contributed by atoms with Gasteiger partial charge in [-0.25, -0.2) is 9.31 Å². The molecule has 10 heteroatoms. The first-order valence-corrected chi connectivity index (χ1v) is 6.93. The molecule has 0 aliphatic heterocycles. The molecule has 2 rings (SSSR count). The maximum absolute atomic E-state index is 12.1. The molecule has 1 unspecified atom stereocenters. The van der Waals surface area contributed by atoms with E-state index in [1.165, 1.54) is 4.90 Å². The lowest BCUT2D eigenvalue weighted by Crippen LogP contribution is -2.31. The van der Waals surface area contributed by atoms with Crippen LogP contribution in [0.2, 0.25) is 5.02 Å². The fourth-order valence-electron chi connectivity index (χ4n) is 2.02. The van der Waals surface area contributed by atoms with Gasteiger partial charge < -0.3 is 9.79 Å². The number of nitrogens with one attached hydrogen (secondary N) is 1. The largest absolute Gasteiger partial charge is 0.342 e. The van der Waals surface area contributed by atoms with Gasteiger partial charge in [-0.05, 0) is 13.8 Å². The van der Waals surface area contributed by atoms with Gasteiger partial charge in [-0.3, -0.25) is 9.89 Å². The zero-order valence-corrected chi connectivity index (χ0v) is 13.1. The summed E-state index contributed by atoms with van der Waals surface area (Å²) in [6, 6.07) is -0.387. The number of fused-ring (bicyclic) bond motifs is 1. The summed E-state index contributed by atoms with van der Waals surface area (Å²) in [5.74, 6) is -0.624. The molecule has 0 radical (unpaired) electrons. The summed E-state index contributed by atoms with van der Waals surface area (Å²) in [5, 5.41) is 19.7. The van der Waals surface area contributed by atoms with Gasteiger partial charge in [0.1, 0.15) is 5.02 Å². The highest BCUT2D eigenvalue weighted by molar-refractivity contribution is 6.34. The van der Waals surface area contributed by atoms with E-state index in [1.807, 2.05) is 0 Å². The van der Waals surface area contributed by atoms with Gasteiger partial charge in [-0.1, -0.05) is 11.6 Å². The van der Waals surface area contributed by atoms with Crippen LogP contribution in [0.3, 0.4) is 0 Å². The van der Waals surface area contributed by atoms with E-state index in [9.17, 15) is 9.59 Å². The van der Waals surface area contributed by atoms with E-state index < -0.39 is 5.97 Å². The Hall–Kier alpha value is -2.13. The van der Waals surface area contributed by atoms with Gasteiger partial charge in [0.15, 0.2) is 11.5 Å². The number of carbonyl (C=O) groups excluding carboxylic acids is 2. The van der Waals surface area contributed by atoms with Crippen molar-refractivity contribution in [2.75, 3.05) is 7.05 Å². The Labute approximate surface area is 130 Å². The lowest BCUT2D eigenvalue weighted by atomic mass is 10.2. The minimum Gasteiger partial charge on any atom is -0.336 e. The van der Waals surface area contributed by atoms with E-state index in [1.54, 1.807) is 25.4 Å². The van der Waals surface area contributed by atoms with E-state index in [2.05, 4.69) is 20.2 Å². The lowest BCUT2D eigenvalue weighted by Gasteiger charge is -2.23. The molecule has 2 aromatic heterocycles. The Kier molecular flexibility index (Phi) is 4.67. The number of hydrogen-bond acceptors (Lipinski definition) is 6. The molecule has 0 aliphatic carbocycles. The Balaban J connectivity index is 2.15. The number of aromatic amines is 1. The van der Waals surface area contributed by atoms with Crippen LogP contribution >= 0.6 is 11.6 Å². The highest BCUT2D eigenvalue weighted by Crippen LogP contribution is 2.24. The number of amides is 1. The van der Waals surface area contributed by atoms with Gasteiger partial charge in [0.25, 0.3) is 0 Å². The van der Waals surface area contributed by atoms with E-state index in [-0.39, 0.29) is 24.8 Å². The number of aryl methyl sites for hydroxylation is 1. The molecule has 0 spiro atoms. The molecule has 0 aliphatic rings. The number of carbonyl (C=O) groups is 2. The summed E-state index contributed by atoms with van der Waals surface area (Å²) < 4.78 is 1.62. The average molecular weight is 330 g/mol. The van der Waals surface area contributed by atoms with Crippen LogP contribution in [0.25, 0.3) is 5.65 Å². The molecule has 0 saturated heterocycles. The smallest absolute Gasteiger partial charge is 0.336 e. The Morgan fingerprint density at radius 2 is 2.14 bits per heavy atom. The van der Waals surface area contributed by atoms with Crippen LogP contribution < -0.4 is 0 Å². The highest BCUT2D eigenvalue weighted by Gasteiger charge is 2.24. The van der Waals surface area contributed by atoms with E-state index in [0.717, 1.165) is 5.69 Å². The zero-order chi connectivity index (χ0) is 16.4. The third kappa shape index (κ3) is 2.90. The number of rotatable bonds is 5. The first-order valence-electron chi connectivity index (χ1n) is 6.55. The van der Waals surface area contributed by atoms with Crippen molar-refractivity contribution in [2.24, 2.45) is 0 Å². The SMILES string of the molecule is Cc1[nH]n2c(C(C)N(C)C(=O)CCC(=O)OO)nnc2c1Cl. The third-order valence-electron chi connectivity index (χ3n) is 3.49. The maximum atomic E-state index is 12.1. The van der Waals surface area contributed by atoms with Crippen molar-refractivity contribution in [3.63, 3.8) is 0 Å². The van der Waals surface area contributed by atoms with Crippen LogP contribution in [-0.4, -0.2) is 48.9 Å². The number of aromatic nitrogens is 4. The van der Waals surface area contributed by atoms with Crippen LogP contribution in [0, 0.1) is 6.92 Å². The zero-order valence-electron chi connectivity index (χ0n) is 12.3. The lowest BCUT2D eigenvalue weighted by molar-refractivity contribution is -0.234. The third-order valence-corrected chi connectivity index (χ3v) is 3.94. The van der Waals surface area contributed by atoms with Gasteiger partial charge in [-0.2, -0.15) is 5.26 Å². The normalized spacial score (nSPS) is 12.4. The molecular formula is C12H16ClN5O4. The van der Waals surface area contributed by atoms with E-state index in [0.29, 0.717) is 16.5 Å². The van der Waals surface area contributed by atoms with Gasteiger partial charge in [0.05, 0.1) is 18.2 Å². The fourth-order valence-corrected chi connectivity index (χ4v) is 2.19. The molecule has 2 heterocycles. The van der Waals surface area contributed by atoms with Crippen LogP contribution in [0.5, 0.6) is 0 Å². The topological polar surface area (TPSA) is 113 Å². The average Bonchev–Trinajstić information content (AvgIpc) is 3.04. The van der Waals surface area contributed by atoms with E-state index in [4.69, 9.17) is 16.9 Å². The van der Waals surface area contributed by atoms with Gasteiger partial charge in [0.2, 0.25) is 5.91 Å². The molecule has 2 aromatic rings. The molecule has 0 bridgehead atoms. The number of nitrogens with zero attached hydrogens (tertiary/aromatic N) is 4. The fraction of sp³-hybridized carbons (Fsp3) is 0.500. The molecule has 0 saturated carbocycles. The van der Waals surface area contributed by atoms with Crippen molar-refractivity contribution in [1.29, 1.82) is 0 Å². The molecule has 0 fully saturated rings. The van der Waals surface area contributed by atoms with Crippen LogP contribution in [0.15, 0.2) is 0 Å². The van der Waals surface area contributed by atoms with Gasteiger partial charge >= 0.3 is 5.97 Å². The molecular weight excluding hydrogens is 314 g/mol. The minimum absolute atomic E-state index is 0.0767. The van der Waals surface area contributed by atoms with E-state index >= 15 is 0 Å². The summed E-state index contributed by atoms with van der Waals surface area (Å²) in [6.07, 6.45) is -0.276. The van der Waals surface area contributed by atoms with Crippen molar-refractivity contribution < 1.29 is 19.7 Å². The molecule has 2 N–H and O–H groups in total. The molecule has 1 amide bonds. The van der Waals surface area contributed by atoms with Crippen LogP contribution in [0.1, 0.15) is 37.3 Å². The second kappa shape index (κ2) is 6.32. The predicted molar refractivity (Wildman–Crippen MR) is 76.2 cm³/mol. The van der Waals surface area contributed by atoms with Crippen LogP contribution in [-0.2, 0) is 14.5 Å². The molecule has 1 atom stereocenters. The molecule has 0 aromatic carbocycles. The first-order chi connectivity index (χ1) is 10.4. The molecule has 120 valence electrons. The minimum atomic E-state index is -0.856. The first kappa shape index (κ1) is 16.2. The Morgan fingerprint density at radius 3 is 2.77 bits per heavy atom. The summed E-state index contributed by atoms with van der Waals surface area (Å²) in [4.78, 5) is 27.9. The second-order valence-electron chi connectivity index (χ2n) is 4.91. The summed E-state index contributed by atoms with van der Waals surface area (Å²) in [6.45, 7) is 3.59. The Morgan fingerprint density at radius 1 is 1.45 bits per heavy atom. The van der Waals surface area contributed by atoms with Crippen LogP contribution in [0.4, 0.5) is 0 Å². The highest BCUT2D eigenvalue weighted by atomic mass is 35.5. The monoisotopic (exact) mass is 329 g/mol. The number of hydrogen-bond donors (Lipinski definition) is 2. The van der Waals surface area contributed by atoms with Crippen molar-refractivity contribution >= 4 is 29.1 Å². The molecule has 9 nitrogen and oxygen atoms in total. The summed E-state index contributed by atoms with van der Waals surface area (Å²) in [5.41, 5.74) is 1.24. The van der Waals surface area contributed by atoms with Crippen molar-refractivity contribution in [2.45, 2.75) is 32.7 Å². The van der Waals surface area contributed by atoms with Crippen molar-refractivity contribution in [3.05, 3.63) is 16.5 Å². The number of H-pyrrole nitrogens is 1. The molecule has 22 heavy (non-hydrogen) atoms. The van der Waals surface area contributed by atoms with Crippen molar-refractivity contribution in [1.82, 2.24) is 24.7 Å². The summed E-state index contributed by atoms with van der Waals surface area (Å²) in [7, 11) is 1.59. The van der Waals surface area contributed by atoms with Gasteiger partial charge in [0, 0.05) is 13.5 Å². The van der Waals surface area contributed by atoms with Crippen molar-refractivity contribution in [3.8, 4) is 0 Å². The Bertz CT molecular complexity index is 710. The van der Waals surface area contributed by atoms with Gasteiger partial charge in [-0.15, -0.1) is 10.2 Å². The standard InChI is InChI=1S/C12H16ClN5O4/c1-6-10(13)12-15-14-11(18(12)16-6)7(2)17(3)8(19)4-5-9(20)22-21/h7,16,21H,4-5H2,1-3H3. The maximum Gasteiger partial charge on any atom is 0.342 e.